The number of amides is 1. The van der Waals surface area contributed by atoms with Crippen LogP contribution in [0, 0.1) is 6.92 Å². The van der Waals surface area contributed by atoms with Gasteiger partial charge in [-0.05, 0) is 36.6 Å². The van der Waals surface area contributed by atoms with E-state index in [0.29, 0.717) is 5.69 Å². The van der Waals surface area contributed by atoms with Gasteiger partial charge in [0.05, 0.1) is 22.3 Å². The minimum atomic E-state index is -4.65. The fourth-order valence-electron chi connectivity index (χ4n) is 3.60. The van der Waals surface area contributed by atoms with Gasteiger partial charge in [0.15, 0.2) is 12.3 Å². The van der Waals surface area contributed by atoms with Crippen molar-refractivity contribution in [3.8, 4) is 11.6 Å². The molecule has 34 heavy (non-hydrogen) atoms. The maximum absolute atomic E-state index is 13.9. The number of rotatable bonds is 7. The van der Waals surface area contributed by atoms with Gasteiger partial charge in [-0.2, -0.15) is 23.3 Å². The molecule has 0 unspecified atom stereocenters. The van der Waals surface area contributed by atoms with Crippen LogP contribution in [-0.2, 0) is 23.9 Å². The lowest BCUT2D eigenvalue weighted by Crippen LogP contribution is -2.28. The van der Waals surface area contributed by atoms with Gasteiger partial charge in [-0.15, -0.1) is 0 Å². The molecule has 2 heterocycles. The zero-order valence-electron chi connectivity index (χ0n) is 18.7. The first-order valence-corrected chi connectivity index (χ1v) is 10.8. The number of nitrogens with zero attached hydrogens (tertiary/aromatic N) is 3. The number of pyridine rings is 1. The summed E-state index contributed by atoms with van der Waals surface area (Å²) in [5.74, 6) is -0.778. The zero-order chi connectivity index (χ0) is 24.3. The summed E-state index contributed by atoms with van der Waals surface area (Å²) in [7, 11) is 0. The van der Waals surface area contributed by atoms with Gasteiger partial charge in [-0.3, -0.25) is 4.79 Å². The van der Waals surface area contributed by atoms with Crippen molar-refractivity contribution in [2.45, 2.75) is 33.0 Å². The molecular formula is C25H23F3N4O2. The van der Waals surface area contributed by atoms with Crippen LogP contribution in [0.15, 0.2) is 60.7 Å². The van der Waals surface area contributed by atoms with Crippen molar-refractivity contribution in [1.82, 2.24) is 20.1 Å². The highest BCUT2D eigenvalue weighted by molar-refractivity contribution is 5.85. The average molecular weight is 468 g/mol. The quantitative estimate of drug-likeness (QED) is 0.414. The predicted molar refractivity (Wildman–Crippen MR) is 122 cm³/mol. The second-order valence-electron chi connectivity index (χ2n) is 7.77. The molecule has 0 radical (unpaired) electrons. The van der Waals surface area contributed by atoms with E-state index < -0.39 is 24.3 Å². The molecule has 0 saturated carbocycles. The van der Waals surface area contributed by atoms with Crippen LogP contribution in [-0.4, -0.2) is 27.3 Å². The third kappa shape index (κ3) is 5.03. The van der Waals surface area contributed by atoms with Crippen molar-refractivity contribution in [3.05, 3.63) is 83.0 Å². The van der Waals surface area contributed by atoms with Gasteiger partial charge in [-0.25, -0.2) is 4.68 Å². The number of alkyl halides is 3. The molecule has 0 saturated heterocycles. The molecule has 0 spiro atoms. The largest absolute Gasteiger partial charge is 0.467 e. The maximum atomic E-state index is 13.9. The lowest BCUT2D eigenvalue weighted by Gasteiger charge is -2.12. The van der Waals surface area contributed by atoms with E-state index in [1.165, 1.54) is 11.6 Å². The molecule has 0 aliphatic carbocycles. The van der Waals surface area contributed by atoms with Crippen LogP contribution in [0.3, 0.4) is 0 Å². The van der Waals surface area contributed by atoms with Gasteiger partial charge in [0.25, 0.3) is 5.91 Å². The van der Waals surface area contributed by atoms with Gasteiger partial charge in [0.2, 0.25) is 5.88 Å². The Kier molecular flexibility index (Phi) is 6.54. The molecule has 6 nitrogen and oxygen atoms in total. The molecule has 9 heteroatoms. The fraction of sp³-hybridized carbons (Fsp3) is 0.240. The van der Waals surface area contributed by atoms with E-state index >= 15 is 0 Å². The van der Waals surface area contributed by atoms with Gasteiger partial charge in [0, 0.05) is 12.6 Å². The molecule has 1 amide bonds. The van der Waals surface area contributed by atoms with Crippen molar-refractivity contribution in [2.24, 2.45) is 0 Å². The Bertz CT molecular complexity index is 1300. The number of carbonyl (C=O) groups is 1. The molecule has 0 atom stereocenters. The Morgan fingerprint density at radius 2 is 1.76 bits per heavy atom. The highest BCUT2D eigenvalue weighted by Gasteiger charge is 2.36. The maximum Gasteiger partial charge on any atom is 0.417 e. The van der Waals surface area contributed by atoms with Crippen molar-refractivity contribution in [3.63, 3.8) is 0 Å². The number of nitrogens with one attached hydrogen (secondary N) is 1. The average Bonchev–Trinajstić information content (AvgIpc) is 3.17. The normalized spacial score (nSPS) is 11.6. The summed E-state index contributed by atoms with van der Waals surface area (Å²) in [4.78, 5) is 16.5. The standard InChI is InChI=1S/C25H23F3N4O2/c1-3-17-9-11-19(12-10-17)32-24-23(16(2)31-32)20(25(26,27)28)13-22(30-24)34-15-21(33)29-14-18-7-5-4-6-8-18/h4-13H,3,14-15H2,1-2H3,(H,29,33). The third-order valence-electron chi connectivity index (χ3n) is 5.37. The molecule has 1 N–H and O–H groups in total. The first-order chi connectivity index (χ1) is 16.3. The number of ether oxygens (including phenoxy) is 1. The molecule has 4 rings (SSSR count). The summed E-state index contributed by atoms with van der Waals surface area (Å²) >= 11 is 0. The lowest BCUT2D eigenvalue weighted by molar-refractivity contribution is -0.136. The number of benzene rings is 2. The summed E-state index contributed by atoms with van der Waals surface area (Å²) in [6, 6.07) is 17.4. The Balaban J connectivity index is 1.63. The van der Waals surface area contributed by atoms with Gasteiger partial charge in [0.1, 0.15) is 0 Å². The van der Waals surface area contributed by atoms with E-state index in [-0.39, 0.29) is 29.2 Å². The summed E-state index contributed by atoms with van der Waals surface area (Å²) in [5, 5.41) is 6.88. The number of carbonyl (C=O) groups excluding carboxylic acids is 1. The van der Waals surface area contributed by atoms with Crippen LogP contribution in [0.1, 0.15) is 29.3 Å². The number of fused-ring (bicyclic) bond motifs is 1. The lowest BCUT2D eigenvalue weighted by atomic mass is 10.1. The molecule has 176 valence electrons. The van der Waals surface area contributed by atoms with Gasteiger partial charge >= 0.3 is 6.18 Å². The Labute approximate surface area is 194 Å². The summed E-state index contributed by atoms with van der Waals surface area (Å²) in [5.41, 5.74) is 1.85. The van der Waals surface area contributed by atoms with Crippen molar-refractivity contribution in [1.29, 1.82) is 0 Å². The number of hydrogen-bond acceptors (Lipinski definition) is 4. The highest BCUT2D eigenvalue weighted by atomic mass is 19.4. The molecule has 4 aromatic rings. The van der Waals surface area contributed by atoms with E-state index in [1.807, 2.05) is 49.4 Å². The summed E-state index contributed by atoms with van der Waals surface area (Å²) in [6.07, 6.45) is -3.82. The predicted octanol–water partition coefficient (Wildman–Crippen LogP) is 5.01. The van der Waals surface area contributed by atoms with Crippen LogP contribution in [0.5, 0.6) is 5.88 Å². The van der Waals surface area contributed by atoms with Crippen LogP contribution < -0.4 is 10.1 Å². The molecule has 0 aliphatic heterocycles. The van der Waals surface area contributed by atoms with Crippen LogP contribution >= 0.6 is 0 Å². The molecule has 0 bridgehead atoms. The minimum Gasteiger partial charge on any atom is -0.467 e. The molecule has 2 aromatic heterocycles. The molecular weight excluding hydrogens is 445 g/mol. The highest BCUT2D eigenvalue weighted by Crippen LogP contribution is 2.38. The SMILES string of the molecule is CCc1ccc(-n2nc(C)c3c(C(F)(F)F)cc(OCC(=O)NCc4ccccc4)nc32)cc1. The monoisotopic (exact) mass is 468 g/mol. The van der Waals surface area contributed by atoms with Gasteiger partial charge < -0.3 is 10.1 Å². The molecule has 0 aliphatic rings. The fourth-order valence-corrected chi connectivity index (χ4v) is 3.60. The Morgan fingerprint density at radius 3 is 2.41 bits per heavy atom. The summed E-state index contributed by atoms with van der Waals surface area (Å²) < 4.78 is 48.4. The second-order valence-corrected chi connectivity index (χ2v) is 7.77. The van der Waals surface area contributed by atoms with Crippen molar-refractivity contribution >= 4 is 16.9 Å². The van der Waals surface area contributed by atoms with Crippen molar-refractivity contribution in [2.75, 3.05) is 6.61 Å². The topological polar surface area (TPSA) is 69.0 Å². The van der Waals surface area contributed by atoms with Crippen LogP contribution in [0.2, 0.25) is 0 Å². The van der Waals surface area contributed by atoms with E-state index in [9.17, 15) is 18.0 Å². The van der Waals surface area contributed by atoms with Crippen LogP contribution in [0.25, 0.3) is 16.7 Å². The smallest absolute Gasteiger partial charge is 0.417 e. The molecule has 0 fully saturated rings. The first-order valence-electron chi connectivity index (χ1n) is 10.8. The number of halogens is 3. The third-order valence-corrected chi connectivity index (χ3v) is 5.37. The van der Waals surface area contributed by atoms with Crippen molar-refractivity contribution < 1.29 is 22.7 Å². The Morgan fingerprint density at radius 1 is 1.06 bits per heavy atom. The van der Waals surface area contributed by atoms with E-state index in [1.54, 1.807) is 12.1 Å². The Hall–Kier alpha value is -3.88. The number of aromatic nitrogens is 3. The first kappa shape index (κ1) is 23.3. The number of hydrogen-bond donors (Lipinski definition) is 1. The number of aryl methyl sites for hydroxylation is 2. The zero-order valence-corrected chi connectivity index (χ0v) is 18.7. The second kappa shape index (κ2) is 9.54. The van der Waals surface area contributed by atoms with E-state index in [0.717, 1.165) is 23.6 Å². The van der Waals surface area contributed by atoms with E-state index in [4.69, 9.17) is 4.74 Å². The minimum absolute atomic E-state index is 0.0104. The molecule has 2 aromatic carbocycles. The van der Waals surface area contributed by atoms with E-state index in [2.05, 4.69) is 15.4 Å². The van der Waals surface area contributed by atoms with Crippen LogP contribution in [0.4, 0.5) is 13.2 Å². The van der Waals surface area contributed by atoms with Gasteiger partial charge in [-0.1, -0.05) is 49.4 Å². The summed E-state index contributed by atoms with van der Waals surface area (Å²) in [6.45, 7) is 3.33.